The van der Waals surface area contributed by atoms with Crippen LogP contribution in [-0.2, 0) is 6.18 Å². The summed E-state index contributed by atoms with van der Waals surface area (Å²) in [4.78, 5) is 3.94. The Balaban J connectivity index is 2.05. The molecule has 1 unspecified atom stereocenters. The Labute approximate surface area is 120 Å². The largest absolute Gasteiger partial charge is 0.493 e. The standard InChI is InChI=1S/C15H14F3NO2/c16-15(17,18)13-4-1-5-14(7-13)21-10-12(9-20)11-3-2-6-19-8-11/h1-8,12,20H,9-10H2. The topological polar surface area (TPSA) is 42.4 Å². The van der Waals surface area contributed by atoms with E-state index in [4.69, 9.17) is 4.74 Å². The fourth-order valence-electron chi connectivity index (χ4n) is 1.83. The van der Waals surface area contributed by atoms with Gasteiger partial charge in [0.15, 0.2) is 0 Å². The lowest BCUT2D eigenvalue weighted by molar-refractivity contribution is -0.137. The van der Waals surface area contributed by atoms with Crippen LogP contribution in [0, 0.1) is 0 Å². The Morgan fingerprint density at radius 1 is 1.19 bits per heavy atom. The molecule has 1 aromatic carbocycles. The van der Waals surface area contributed by atoms with Crippen LogP contribution >= 0.6 is 0 Å². The Morgan fingerprint density at radius 2 is 2.00 bits per heavy atom. The molecular weight excluding hydrogens is 283 g/mol. The predicted octanol–water partition coefficient (Wildman–Crippen LogP) is 3.26. The van der Waals surface area contributed by atoms with Crippen LogP contribution in [0.25, 0.3) is 0 Å². The summed E-state index contributed by atoms with van der Waals surface area (Å²) in [5.74, 6) is -0.222. The van der Waals surface area contributed by atoms with E-state index in [9.17, 15) is 18.3 Å². The van der Waals surface area contributed by atoms with E-state index in [1.807, 2.05) is 0 Å². The third kappa shape index (κ3) is 4.19. The van der Waals surface area contributed by atoms with Crippen molar-refractivity contribution in [3.05, 3.63) is 59.9 Å². The molecule has 21 heavy (non-hydrogen) atoms. The number of alkyl halides is 3. The van der Waals surface area contributed by atoms with Crippen molar-refractivity contribution in [3.8, 4) is 5.75 Å². The molecule has 112 valence electrons. The zero-order chi connectivity index (χ0) is 15.3. The maximum absolute atomic E-state index is 12.6. The van der Waals surface area contributed by atoms with Crippen LogP contribution < -0.4 is 4.74 Å². The summed E-state index contributed by atoms with van der Waals surface area (Å²) in [5.41, 5.74) is 0.00824. The molecule has 3 nitrogen and oxygen atoms in total. The Morgan fingerprint density at radius 3 is 2.62 bits per heavy atom. The number of rotatable bonds is 5. The van der Waals surface area contributed by atoms with Crippen LogP contribution in [0.4, 0.5) is 13.2 Å². The number of nitrogens with zero attached hydrogens (tertiary/aromatic N) is 1. The summed E-state index contributed by atoms with van der Waals surface area (Å²) in [6.07, 6.45) is -1.21. The Bertz CT molecular complexity index is 573. The summed E-state index contributed by atoms with van der Waals surface area (Å²) in [6.45, 7) is -0.103. The lowest BCUT2D eigenvalue weighted by atomic mass is 10.0. The second kappa shape index (κ2) is 6.58. The minimum atomic E-state index is -4.40. The van der Waals surface area contributed by atoms with Crippen LogP contribution in [0.1, 0.15) is 17.0 Å². The SMILES string of the molecule is OCC(COc1cccc(C(F)(F)F)c1)c1cccnc1. The van der Waals surface area contributed by atoms with E-state index in [1.54, 1.807) is 24.5 Å². The summed E-state index contributed by atoms with van der Waals surface area (Å²) in [6, 6.07) is 8.17. The molecule has 0 bridgehead atoms. The van der Waals surface area contributed by atoms with Crippen molar-refractivity contribution in [2.45, 2.75) is 12.1 Å². The van der Waals surface area contributed by atoms with Gasteiger partial charge in [-0.05, 0) is 29.8 Å². The molecule has 0 saturated heterocycles. The number of aliphatic hydroxyl groups excluding tert-OH is 1. The number of hydrogen-bond acceptors (Lipinski definition) is 3. The highest BCUT2D eigenvalue weighted by Gasteiger charge is 2.30. The Kier molecular flexibility index (Phi) is 4.80. The van der Waals surface area contributed by atoms with Crippen LogP contribution in [0.2, 0.25) is 0 Å². The minimum Gasteiger partial charge on any atom is -0.493 e. The van der Waals surface area contributed by atoms with E-state index in [0.717, 1.165) is 17.7 Å². The molecule has 1 N–H and O–H groups in total. The molecule has 1 atom stereocenters. The van der Waals surface area contributed by atoms with Crippen LogP contribution in [0.15, 0.2) is 48.8 Å². The van der Waals surface area contributed by atoms with Gasteiger partial charge in [0, 0.05) is 18.3 Å². The molecule has 6 heteroatoms. The zero-order valence-corrected chi connectivity index (χ0v) is 11.0. The van der Waals surface area contributed by atoms with Gasteiger partial charge in [-0.2, -0.15) is 13.2 Å². The van der Waals surface area contributed by atoms with Gasteiger partial charge in [-0.15, -0.1) is 0 Å². The molecule has 0 aliphatic rings. The number of ether oxygens (including phenoxy) is 1. The van der Waals surface area contributed by atoms with Crippen molar-refractivity contribution in [2.75, 3.05) is 13.2 Å². The van der Waals surface area contributed by atoms with Crippen molar-refractivity contribution in [3.63, 3.8) is 0 Å². The quantitative estimate of drug-likeness (QED) is 0.921. The smallest absolute Gasteiger partial charge is 0.416 e. The average molecular weight is 297 g/mol. The molecule has 0 radical (unpaired) electrons. The number of hydrogen-bond donors (Lipinski definition) is 1. The highest BCUT2D eigenvalue weighted by molar-refractivity contribution is 5.30. The highest BCUT2D eigenvalue weighted by Crippen LogP contribution is 2.31. The molecule has 0 amide bonds. The molecule has 2 aromatic rings. The van der Waals surface area contributed by atoms with E-state index in [2.05, 4.69) is 4.98 Å². The molecule has 1 heterocycles. The van der Waals surface area contributed by atoms with Gasteiger partial charge in [-0.25, -0.2) is 0 Å². The van der Waals surface area contributed by atoms with E-state index in [0.29, 0.717) is 0 Å². The first-order chi connectivity index (χ1) is 10.0. The first-order valence-electron chi connectivity index (χ1n) is 6.31. The van der Waals surface area contributed by atoms with Crippen molar-refractivity contribution in [2.24, 2.45) is 0 Å². The highest BCUT2D eigenvalue weighted by atomic mass is 19.4. The fourth-order valence-corrected chi connectivity index (χ4v) is 1.83. The number of pyridine rings is 1. The molecule has 0 aliphatic heterocycles. The maximum atomic E-state index is 12.6. The van der Waals surface area contributed by atoms with Gasteiger partial charge in [0.05, 0.1) is 18.8 Å². The predicted molar refractivity (Wildman–Crippen MR) is 71.0 cm³/mol. The maximum Gasteiger partial charge on any atom is 0.416 e. The number of aromatic nitrogens is 1. The lowest BCUT2D eigenvalue weighted by Gasteiger charge is -2.16. The summed E-state index contributed by atoms with van der Waals surface area (Å²) in [7, 11) is 0. The molecule has 0 aliphatic carbocycles. The average Bonchev–Trinajstić information content (AvgIpc) is 2.48. The van der Waals surface area contributed by atoms with E-state index in [1.165, 1.54) is 12.1 Å². The van der Waals surface area contributed by atoms with E-state index >= 15 is 0 Å². The van der Waals surface area contributed by atoms with Crippen molar-refractivity contribution in [1.82, 2.24) is 4.98 Å². The third-order valence-electron chi connectivity index (χ3n) is 2.99. The summed E-state index contributed by atoms with van der Waals surface area (Å²) in [5, 5.41) is 9.35. The molecule has 0 saturated carbocycles. The summed E-state index contributed by atoms with van der Waals surface area (Å²) < 4.78 is 43.1. The monoisotopic (exact) mass is 297 g/mol. The van der Waals surface area contributed by atoms with Gasteiger partial charge in [-0.1, -0.05) is 12.1 Å². The first-order valence-corrected chi connectivity index (χ1v) is 6.31. The van der Waals surface area contributed by atoms with Gasteiger partial charge >= 0.3 is 6.18 Å². The van der Waals surface area contributed by atoms with Crippen molar-refractivity contribution in [1.29, 1.82) is 0 Å². The zero-order valence-electron chi connectivity index (χ0n) is 11.0. The van der Waals surface area contributed by atoms with Crippen LogP contribution in [0.5, 0.6) is 5.75 Å². The molecule has 0 fully saturated rings. The van der Waals surface area contributed by atoms with Crippen LogP contribution in [0.3, 0.4) is 0 Å². The molecule has 2 rings (SSSR count). The van der Waals surface area contributed by atoms with Gasteiger partial charge in [0.2, 0.25) is 0 Å². The molecule has 0 spiro atoms. The summed E-state index contributed by atoms with van der Waals surface area (Å²) >= 11 is 0. The minimum absolute atomic E-state index is 0.0729. The van der Waals surface area contributed by atoms with Gasteiger partial charge in [-0.3, -0.25) is 4.98 Å². The number of aliphatic hydroxyl groups is 1. The van der Waals surface area contributed by atoms with Gasteiger partial charge in [0.1, 0.15) is 5.75 Å². The molecule has 1 aromatic heterocycles. The van der Waals surface area contributed by atoms with Crippen molar-refractivity contribution >= 4 is 0 Å². The number of halogens is 3. The number of benzene rings is 1. The van der Waals surface area contributed by atoms with E-state index < -0.39 is 11.7 Å². The lowest BCUT2D eigenvalue weighted by Crippen LogP contribution is -2.14. The Hall–Kier alpha value is -2.08. The third-order valence-corrected chi connectivity index (χ3v) is 2.99. The molecular formula is C15H14F3NO2. The van der Waals surface area contributed by atoms with Crippen molar-refractivity contribution < 1.29 is 23.0 Å². The second-order valence-electron chi connectivity index (χ2n) is 4.50. The second-order valence-corrected chi connectivity index (χ2v) is 4.50. The van der Waals surface area contributed by atoms with Crippen LogP contribution in [-0.4, -0.2) is 23.3 Å². The van der Waals surface area contributed by atoms with E-state index in [-0.39, 0.29) is 24.9 Å². The fraction of sp³-hybridized carbons (Fsp3) is 0.267. The normalized spacial score (nSPS) is 13.0. The van der Waals surface area contributed by atoms with Gasteiger partial charge < -0.3 is 9.84 Å². The first kappa shape index (κ1) is 15.3. The van der Waals surface area contributed by atoms with Gasteiger partial charge in [0.25, 0.3) is 0 Å².